The van der Waals surface area contributed by atoms with Gasteiger partial charge in [0.25, 0.3) is 0 Å². The highest BCUT2D eigenvalue weighted by molar-refractivity contribution is 7.09. The SMILES string of the molecule is Cc1nc(CN2CCCC(Nc3ccccc3)(C(=O)N(C)C)C2)cs1. The number of likely N-dealkylation sites (tertiary alicyclic amines) is 1. The van der Waals surface area contributed by atoms with Crippen LogP contribution in [0.3, 0.4) is 0 Å². The van der Waals surface area contributed by atoms with E-state index in [1.165, 1.54) is 0 Å². The van der Waals surface area contributed by atoms with Crippen molar-refractivity contribution in [2.24, 2.45) is 0 Å². The van der Waals surface area contributed by atoms with Crippen LogP contribution in [0.4, 0.5) is 5.69 Å². The molecule has 2 aromatic rings. The van der Waals surface area contributed by atoms with E-state index in [9.17, 15) is 4.79 Å². The minimum absolute atomic E-state index is 0.135. The predicted octanol–water partition coefficient (Wildman–Crippen LogP) is 2.99. The first-order valence-electron chi connectivity index (χ1n) is 8.67. The van der Waals surface area contributed by atoms with Gasteiger partial charge in [-0.05, 0) is 38.4 Å². The first kappa shape index (κ1) is 17.9. The summed E-state index contributed by atoms with van der Waals surface area (Å²) in [4.78, 5) is 21.7. The van der Waals surface area contributed by atoms with E-state index in [1.807, 2.05) is 51.4 Å². The molecule has 1 atom stereocenters. The smallest absolute Gasteiger partial charge is 0.249 e. The lowest BCUT2D eigenvalue weighted by Crippen LogP contribution is -2.61. The van der Waals surface area contributed by atoms with Crippen molar-refractivity contribution < 1.29 is 4.79 Å². The minimum Gasteiger partial charge on any atom is -0.370 e. The Morgan fingerprint density at radius 1 is 1.36 bits per heavy atom. The highest BCUT2D eigenvalue weighted by Gasteiger charge is 2.43. The zero-order chi connectivity index (χ0) is 17.9. The molecule has 1 saturated heterocycles. The molecule has 6 heteroatoms. The first-order valence-corrected chi connectivity index (χ1v) is 9.55. The van der Waals surface area contributed by atoms with E-state index in [0.717, 1.165) is 42.3 Å². The van der Waals surface area contributed by atoms with E-state index in [2.05, 4.69) is 20.6 Å². The van der Waals surface area contributed by atoms with Gasteiger partial charge in [-0.15, -0.1) is 11.3 Å². The molecule has 3 rings (SSSR count). The van der Waals surface area contributed by atoms with Crippen LogP contribution in [0.5, 0.6) is 0 Å². The maximum Gasteiger partial charge on any atom is 0.249 e. The molecule has 0 saturated carbocycles. The molecule has 1 aromatic carbocycles. The molecule has 1 unspecified atom stereocenters. The molecule has 0 aliphatic carbocycles. The van der Waals surface area contributed by atoms with Gasteiger partial charge < -0.3 is 10.2 Å². The molecule has 0 spiro atoms. The predicted molar refractivity (Wildman–Crippen MR) is 103 cm³/mol. The number of piperidine rings is 1. The third kappa shape index (κ3) is 4.19. The number of benzene rings is 1. The van der Waals surface area contributed by atoms with Crippen molar-refractivity contribution in [2.75, 3.05) is 32.5 Å². The third-order valence-electron chi connectivity index (χ3n) is 4.60. The van der Waals surface area contributed by atoms with Crippen LogP contribution in [0.2, 0.25) is 0 Å². The van der Waals surface area contributed by atoms with Gasteiger partial charge in [0.15, 0.2) is 0 Å². The summed E-state index contributed by atoms with van der Waals surface area (Å²) in [5.74, 6) is 0.135. The first-order chi connectivity index (χ1) is 12.0. The van der Waals surface area contributed by atoms with Gasteiger partial charge in [-0.25, -0.2) is 4.98 Å². The van der Waals surface area contributed by atoms with Gasteiger partial charge in [0.05, 0.1) is 10.7 Å². The number of nitrogens with one attached hydrogen (secondary N) is 1. The van der Waals surface area contributed by atoms with Gasteiger partial charge in [-0.1, -0.05) is 18.2 Å². The molecule has 1 aliphatic rings. The van der Waals surface area contributed by atoms with E-state index in [1.54, 1.807) is 16.2 Å². The Bertz CT molecular complexity index is 715. The van der Waals surface area contributed by atoms with Crippen molar-refractivity contribution >= 4 is 22.9 Å². The second-order valence-electron chi connectivity index (χ2n) is 6.94. The summed E-state index contributed by atoms with van der Waals surface area (Å²) < 4.78 is 0. The summed E-state index contributed by atoms with van der Waals surface area (Å²) in [6.07, 6.45) is 1.83. The zero-order valence-electron chi connectivity index (χ0n) is 15.2. The largest absolute Gasteiger partial charge is 0.370 e. The molecule has 2 heterocycles. The lowest BCUT2D eigenvalue weighted by molar-refractivity contribution is -0.135. The van der Waals surface area contributed by atoms with Crippen LogP contribution >= 0.6 is 11.3 Å². The van der Waals surface area contributed by atoms with E-state index < -0.39 is 5.54 Å². The fourth-order valence-corrected chi connectivity index (χ4v) is 4.15. The minimum atomic E-state index is -0.589. The van der Waals surface area contributed by atoms with Gasteiger partial charge in [-0.2, -0.15) is 0 Å². The molecule has 1 aromatic heterocycles. The second kappa shape index (κ2) is 7.54. The summed E-state index contributed by atoms with van der Waals surface area (Å²) in [7, 11) is 3.67. The Morgan fingerprint density at radius 3 is 2.76 bits per heavy atom. The average Bonchev–Trinajstić information content (AvgIpc) is 3.00. The average molecular weight is 359 g/mol. The number of aromatic nitrogens is 1. The molecular formula is C19H26N4OS. The lowest BCUT2D eigenvalue weighted by Gasteiger charge is -2.43. The number of carbonyl (C=O) groups excluding carboxylic acids is 1. The van der Waals surface area contributed by atoms with Crippen molar-refractivity contribution in [3.05, 3.63) is 46.4 Å². The standard InChI is InChI=1S/C19H26N4OS/c1-15-20-17(13-25-15)12-23-11-7-10-19(14-23,18(24)22(2)3)21-16-8-5-4-6-9-16/h4-6,8-9,13,21H,7,10-12,14H2,1-3H3. The number of para-hydroxylation sites is 1. The number of likely N-dealkylation sites (N-methyl/N-ethyl adjacent to an activating group) is 1. The van der Waals surface area contributed by atoms with Crippen LogP contribution in [-0.4, -0.2) is 53.4 Å². The molecule has 0 bridgehead atoms. The fraction of sp³-hybridized carbons (Fsp3) is 0.474. The molecule has 25 heavy (non-hydrogen) atoms. The summed E-state index contributed by atoms with van der Waals surface area (Å²) in [6, 6.07) is 10.0. The number of hydrogen-bond donors (Lipinski definition) is 1. The number of anilines is 1. The van der Waals surface area contributed by atoms with Gasteiger partial charge in [0.1, 0.15) is 5.54 Å². The van der Waals surface area contributed by atoms with Crippen LogP contribution in [0.1, 0.15) is 23.5 Å². The lowest BCUT2D eigenvalue weighted by atomic mass is 9.87. The number of carbonyl (C=O) groups is 1. The van der Waals surface area contributed by atoms with Crippen molar-refractivity contribution in [1.82, 2.24) is 14.8 Å². The molecule has 0 radical (unpaired) electrons. The maximum atomic E-state index is 13.0. The Labute approximate surface area is 153 Å². The quantitative estimate of drug-likeness (QED) is 0.893. The van der Waals surface area contributed by atoms with Gasteiger partial charge in [-0.3, -0.25) is 9.69 Å². The molecule has 1 fully saturated rings. The molecule has 1 aliphatic heterocycles. The summed E-state index contributed by atoms with van der Waals surface area (Å²) in [5, 5.41) is 6.75. The van der Waals surface area contributed by atoms with E-state index in [-0.39, 0.29) is 5.91 Å². The van der Waals surface area contributed by atoms with Gasteiger partial charge >= 0.3 is 0 Å². The molecular weight excluding hydrogens is 332 g/mol. The van der Waals surface area contributed by atoms with E-state index >= 15 is 0 Å². The van der Waals surface area contributed by atoms with Crippen LogP contribution in [0.15, 0.2) is 35.7 Å². The maximum absolute atomic E-state index is 13.0. The number of aryl methyl sites for hydroxylation is 1. The number of rotatable bonds is 5. The highest BCUT2D eigenvalue weighted by atomic mass is 32.1. The summed E-state index contributed by atoms with van der Waals surface area (Å²) >= 11 is 1.68. The molecule has 1 amide bonds. The Morgan fingerprint density at radius 2 is 2.12 bits per heavy atom. The topological polar surface area (TPSA) is 48.5 Å². The third-order valence-corrected chi connectivity index (χ3v) is 5.42. The molecule has 1 N–H and O–H groups in total. The monoisotopic (exact) mass is 358 g/mol. The number of thiazole rings is 1. The van der Waals surface area contributed by atoms with Gasteiger partial charge in [0, 0.05) is 38.3 Å². The zero-order valence-corrected chi connectivity index (χ0v) is 16.0. The molecule has 134 valence electrons. The van der Waals surface area contributed by atoms with Crippen molar-refractivity contribution in [3.63, 3.8) is 0 Å². The number of nitrogens with zero attached hydrogens (tertiary/aromatic N) is 3. The van der Waals surface area contributed by atoms with Crippen molar-refractivity contribution in [2.45, 2.75) is 31.8 Å². The van der Waals surface area contributed by atoms with Crippen LogP contribution in [0.25, 0.3) is 0 Å². The normalized spacial score (nSPS) is 21.1. The molecule has 5 nitrogen and oxygen atoms in total. The van der Waals surface area contributed by atoms with Crippen molar-refractivity contribution in [1.29, 1.82) is 0 Å². The van der Waals surface area contributed by atoms with E-state index in [0.29, 0.717) is 6.54 Å². The fourth-order valence-electron chi connectivity index (χ4n) is 3.55. The second-order valence-corrected chi connectivity index (χ2v) is 8.01. The van der Waals surface area contributed by atoms with Crippen LogP contribution in [0, 0.1) is 6.92 Å². The Hall–Kier alpha value is -1.92. The Balaban J connectivity index is 1.81. The Kier molecular flexibility index (Phi) is 5.39. The van der Waals surface area contributed by atoms with Crippen LogP contribution in [-0.2, 0) is 11.3 Å². The highest BCUT2D eigenvalue weighted by Crippen LogP contribution is 2.29. The van der Waals surface area contributed by atoms with Crippen molar-refractivity contribution in [3.8, 4) is 0 Å². The van der Waals surface area contributed by atoms with E-state index in [4.69, 9.17) is 0 Å². The summed E-state index contributed by atoms with van der Waals surface area (Å²) in [5.41, 5.74) is 1.49. The summed E-state index contributed by atoms with van der Waals surface area (Å²) in [6.45, 7) is 4.51. The number of amides is 1. The number of hydrogen-bond acceptors (Lipinski definition) is 5. The van der Waals surface area contributed by atoms with Crippen LogP contribution < -0.4 is 5.32 Å². The van der Waals surface area contributed by atoms with Gasteiger partial charge in [0.2, 0.25) is 5.91 Å².